The first kappa shape index (κ1) is 62.4. The van der Waals surface area contributed by atoms with Gasteiger partial charge in [-0.15, -0.1) is 0 Å². The molecule has 3 unspecified atom stereocenters. The number of ether oxygens (including phenoxy) is 3. The van der Waals surface area contributed by atoms with Crippen molar-refractivity contribution in [2.45, 2.75) is 209 Å². The summed E-state index contributed by atoms with van der Waals surface area (Å²) in [5, 5.41) is 0. The van der Waals surface area contributed by atoms with Gasteiger partial charge in [0, 0.05) is 58.0 Å². The Bertz CT molecular complexity index is 3970. The van der Waals surface area contributed by atoms with Gasteiger partial charge in [-0.2, -0.15) is 0 Å². The number of carbonyl (C=O) groups is 3. The summed E-state index contributed by atoms with van der Waals surface area (Å²) < 4.78 is 17.3. The molecule has 21 heteroatoms. The van der Waals surface area contributed by atoms with Gasteiger partial charge in [-0.1, -0.05) is 19.3 Å². The van der Waals surface area contributed by atoms with Crippen molar-refractivity contribution in [3.8, 4) is 0 Å². The second-order valence-corrected chi connectivity index (χ2v) is 28.5. The maximum absolute atomic E-state index is 13.2. The fourth-order valence-corrected chi connectivity index (χ4v) is 16.3. The summed E-state index contributed by atoms with van der Waals surface area (Å²) in [7, 11) is 0. The molecule has 9 aliphatic rings. The number of anilines is 3. The molecule has 3 aliphatic carbocycles. The minimum Gasteiger partial charge on any atom is -0.368 e. The van der Waals surface area contributed by atoms with E-state index in [4.69, 9.17) is 44.1 Å². The molecule has 498 valence electrons. The molecule has 9 aromatic heterocycles. The quantitative estimate of drug-likeness (QED) is 0.121. The number of amides is 3. The predicted molar refractivity (Wildman–Crippen MR) is 365 cm³/mol. The SMILES string of the molecule is Cc1cnc2nc(C3(c4ccc5c(n4)CCCN5C(=O)C4CCCCO4)CCC3)[nH]c2c1.Cc1cnc2nc(C3(c4ccc5c(n4)CCCN5C(=O)C4CCCCO4)CCC3)[nH]c2c1.Cc1cnc2nc(C3(c4ccc5c(n4)CCCN5C(=O)C4CCCCO4)CCC3)[nH]c2c1. The number of aromatic nitrogens is 12. The highest BCUT2D eigenvalue weighted by atomic mass is 16.5. The van der Waals surface area contributed by atoms with Crippen LogP contribution in [0.1, 0.15) is 203 Å². The predicted octanol–water partition coefficient (Wildman–Crippen LogP) is 11.9. The smallest absolute Gasteiger partial charge is 0.256 e. The summed E-state index contributed by atoms with van der Waals surface area (Å²) in [6.45, 7) is 10.4. The molecular formula is C75H87N15O6. The standard InChI is InChI=1S/3C25H29N5O2/c3*1-16-14-18-22(26-15-16)29-24(28-18)25(10-5-11-25)21-9-8-19-17(27-21)6-4-12-30(19)23(31)20-7-2-3-13-32-20/h3*8-9,14-15,20H,2-7,10-13H2,1H3,(H,26,28,29). The van der Waals surface area contributed by atoms with E-state index in [1.165, 1.54) is 0 Å². The van der Waals surface area contributed by atoms with Gasteiger partial charge in [0.1, 0.15) is 35.8 Å². The largest absolute Gasteiger partial charge is 0.368 e. The van der Waals surface area contributed by atoms with E-state index in [1.54, 1.807) is 0 Å². The van der Waals surface area contributed by atoms with Gasteiger partial charge in [-0.25, -0.2) is 29.9 Å². The fourth-order valence-electron chi connectivity index (χ4n) is 16.3. The van der Waals surface area contributed by atoms with Crippen molar-refractivity contribution in [3.05, 3.63) is 142 Å². The fraction of sp³-hybridized carbons (Fsp3) is 0.520. The van der Waals surface area contributed by atoms with Crippen molar-refractivity contribution >= 4 is 68.3 Å². The lowest BCUT2D eigenvalue weighted by Gasteiger charge is -2.40. The van der Waals surface area contributed by atoms with Crippen molar-refractivity contribution in [2.75, 3.05) is 54.2 Å². The Kier molecular flexibility index (Phi) is 16.8. The zero-order valence-electron chi connectivity index (χ0n) is 55.7. The number of hydrogen-bond donors (Lipinski definition) is 3. The molecular weight excluding hydrogens is 1210 g/mol. The van der Waals surface area contributed by atoms with Crippen molar-refractivity contribution in [1.29, 1.82) is 0 Å². The van der Waals surface area contributed by atoms with E-state index < -0.39 is 0 Å². The lowest BCUT2D eigenvalue weighted by molar-refractivity contribution is -0.133. The van der Waals surface area contributed by atoms with Gasteiger partial charge in [-0.05, 0) is 227 Å². The Morgan fingerprint density at radius 1 is 0.396 bits per heavy atom. The molecule has 96 heavy (non-hydrogen) atoms. The normalized spacial score (nSPS) is 22.4. The van der Waals surface area contributed by atoms with E-state index in [0.717, 1.165) is 293 Å². The second kappa shape index (κ2) is 25.9. The van der Waals surface area contributed by atoms with E-state index in [1.807, 2.05) is 54.1 Å². The molecule has 3 N–H and O–H groups in total. The molecule has 18 rings (SSSR count). The minimum atomic E-state index is -0.307. The molecule has 21 nitrogen and oxygen atoms in total. The van der Waals surface area contributed by atoms with E-state index in [-0.39, 0.29) is 52.3 Å². The summed E-state index contributed by atoms with van der Waals surface area (Å²) in [6, 6.07) is 18.9. The zero-order valence-corrected chi connectivity index (χ0v) is 55.7. The van der Waals surface area contributed by atoms with Gasteiger partial charge < -0.3 is 43.9 Å². The maximum Gasteiger partial charge on any atom is 0.256 e. The van der Waals surface area contributed by atoms with Crippen LogP contribution in [0.2, 0.25) is 0 Å². The van der Waals surface area contributed by atoms with Gasteiger partial charge in [0.05, 0.1) is 84.0 Å². The van der Waals surface area contributed by atoms with Gasteiger partial charge in [-0.3, -0.25) is 29.3 Å². The third kappa shape index (κ3) is 11.4. The molecule has 0 spiro atoms. The van der Waals surface area contributed by atoms with Gasteiger partial charge in [0.25, 0.3) is 17.7 Å². The number of carbonyl (C=O) groups excluding carboxylic acids is 3. The van der Waals surface area contributed by atoms with Crippen molar-refractivity contribution in [1.82, 2.24) is 59.8 Å². The first-order chi connectivity index (χ1) is 46.9. The third-order valence-electron chi connectivity index (χ3n) is 22.1. The molecule has 9 aromatic rings. The third-order valence-corrected chi connectivity index (χ3v) is 22.1. The second-order valence-electron chi connectivity index (χ2n) is 28.5. The summed E-state index contributed by atoms with van der Waals surface area (Å²) in [5.74, 6) is 3.17. The van der Waals surface area contributed by atoms with Crippen molar-refractivity contribution < 1.29 is 28.6 Å². The Labute approximate surface area is 559 Å². The summed E-state index contributed by atoms with van der Waals surface area (Å²) in [6.07, 6.45) is 28.5. The molecule has 0 aromatic carbocycles. The highest BCUT2D eigenvalue weighted by Crippen LogP contribution is 2.51. The van der Waals surface area contributed by atoms with Crippen LogP contribution in [0.25, 0.3) is 33.5 Å². The molecule has 15 heterocycles. The van der Waals surface area contributed by atoms with Crippen LogP contribution < -0.4 is 14.7 Å². The molecule has 3 atom stereocenters. The van der Waals surface area contributed by atoms with Crippen LogP contribution in [-0.2, 0) is 64.1 Å². The molecule has 0 radical (unpaired) electrons. The Morgan fingerprint density at radius 2 is 0.698 bits per heavy atom. The Morgan fingerprint density at radius 3 is 0.958 bits per heavy atom. The molecule has 3 amide bonds. The van der Waals surface area contributed by atoms with E-state index >= 15 is 0 Å². The average Bonchev–Trinajstić information content (AvgIpc) is 1.31. The van der Waals surface area contributed by atoms with Crippen LogP contribution in [0.4, 0.5) is 17.1 Å². The summed E-state index contributed by atoms with van der Waals surface area (Å²) in [4.78, 5) is 99.3. The molecule has 6 fully saturated rings. The van der Waals surface area contributed by atoms with E-state index in [9.17, 15) is 14.4 Å². The number of imidazole rings is 3. The summed E-state index contributed by atoms with van der Waals surface area (Å²) in [5.41, 5.74) is 17.1. The number of aryl methyl sites for hydroxylation is 6. The number of H-pyrrole nitrogens is 3. The zero-order chi connectivity index (χ0) is 65.1. The lowest BCUT2D eigenvalue weighted by Crippen LogP contribution is -2.45. The number of hydrogen-bond acceptors (Lipinski definition) is 15. The van der Waals surface area contributed by atoms with Crippen molar-refractivity contribution in [3.63, 3.8) is 0 Å². The first-order valence-corrected chi connectivity index (χ1v) is 35.7. The summed E-state index contributed by atoms with van der Waals surface area (Å²) >= 11 is 0. The number of fused-ring (bicyclic) bond motifs is 6. The van der Waals surface area contributed by atoms with Crippen LogP contribution in [0.3, 0.4) is 0 Å². The molecule has 6 aliphatic heterocycles. The average molecular weight is 1290 g/mol. The maximum atomic E-state index is 13.2. The van der Waals surface area contributed by atoms with E-state index in [0.29, 0.717) is 19.8 Å². The van der Waals surface area contributed by atoms with Crippen LogP contribution in [0.5, 0.6) is 0 Å². The number of aromatic amines is 3. The minimum absolute atomic E-state index is 0.0947. The first-order valence-electron chi connectivity index (χ1n) is 35.7. The highest BCUT2D eigenvalue weighted by molar-refractivity contribution is 5.99. The molecule has 3 saturated carbocycles. The number of nitrogens with one attached hydrogen (secondary N) is 3. The van der Waals surface area contributed by atoms with Crippen LogP contribution in [0, 0.1) is 20.8 Å². The van der Waals surface area contributed by atoms with Gasteiger partial charge >= 0.3 is 0 Å². The molecule has 0 bridgehead atoms. The highest BCUT2D eigenvalue weighted by Gasteiger charge is 2.48. The number of nitrogens with zero attached hydrogens (tertiary/aromatic N) is 12. The van der Waals surface area contributed by atoms with Crippen LogP contribution in [0.15, 0.2) is 73.2 Å². The topological polar surface area (TPSA) is 252 Å². The van der Waals surface area contributed by atoms with Gasteiger partial charge in [0.2, 0.25) is 0 Å². The van der Waals surface area contributed by atoms with Crippen LogP contribution in [-0.4, -0.2) is 135 Å². The number of rotatable bonds is 9. The van der Waals surface area contributed by atoms with Crippen molar-refractivity contribution in [2.24, 2.45) is 0 Å². The van der Waals surface area contributed by atoms with Crippen LogP contribution >= 0.6 is 0 Å². The molecule has 3 saturated heterocycles. The number of pyridine rings is 6. The Hall–Kier alpha value is -8.40. The lowest BCUT2D eigenvalue weighted by atomic mass is 9.65. The monoisotopic (exact) mass is 1290 g/mol. The Balaban J connectivity index is 0.000000113. The van der Waals surface area contributed by atoms with E-state index in [2.05, 4.69) is 84.5 Å². The van der Waals surface area contributed by atoms with Gasteiger partial charge in [0.15, 0.2) is 16.9 Å².